The van der Waals surface area contributed by atoms with Crippen LogP contribution in [0, 0.1) is 11.7 Å². The smallest absolute Gasteiger partial charge is 0.232 e. The number of fused-ring (bicyclic) bond motifs is 2. The number of H-pyrrole nitrogens is 1. The van der Waals surface area contributed by atoms with Crippen LogP contribution in [0.25, 0.3) is 32.2 Å². The summed E-state index contributed by atoms with van der Waals surface area (Å²) >= 11 is 8.87. The first-order chi connectivity index (χ1) is 15.9. The van der Waals surface area contributed by atoms with E-state index in [1.807, 2.05) is 6.07 Å². The van der Waals surface area contributed by atoms with Gasteiger partial charge in [0, 0.05) is 16.7 Å². The normalized spacial score (nSPS) is 18.7. The van der Waals surface area contributed by atoms with Crippen molar-refractivity contribution in [1.29, 1.82) is 0 Å². The number of hydrogen-bond acceptors (Lipinski definition) is 7. The lowest BCUT2D eigenvalue weighted by atomic mass is 10.0. The van der Waals surface area contributed by atoms with Crippen molar-refractivity contribution in [2.24, 2.45) is 5.92 Å². The number of nitrogens with zero attached hydrogens (tertiary/aromatic N) is 2. The Balaban J connectivity index is 1.52. The number of thiazole rings is 1. The third-order valence-electron chi connectivity index (χ3n) is 5.42. The number of carbonyl (C=O) groups excluding carboxylic acids is 1. The molecule has 0 spiro atoms. The standard InChI is InChI=1S/C21H18ClF2N5O2S2/c1-25-14(30)7-32-19-17(24)16(22)15(10-6-26-29-18(10)19)8-2-3-12-13(4-8)33-21(27-12)28-20(31)9-5-11(9)23/h2-4,6,9,11,14,25,30H,5,7H2,1H3,(H,26,29)(H,27,28,31)/t9-,11+,14+/m1/s1. The fraction of sp³-hybridized carbons (Fsp3) is 0.286. The molecule has 33 heavy (non-hydrogen) atoms. The second-order valence-electron chi connectivity index (χ2n) is 7.66. The van der Waals surface area contributed by atoms with Gasteiger partial charge in [-0.3, -0.25) is 15.2 Å². The Morgan fingerprint density at radius 3 is 3.00 bits per heavy atom. The molecule has 1 aliphatic carbocycles. The summed E-state index contributed by atoms with van der Waals surface area (Å²) in [5.41, 5.74) is 2.29. The van der Waals surface area contributed by atoms with Gasteiger partial charge >= 0.3 is 0 Å². The average Bonchev–Trinajstić information content (AvgIpc) is 3.17. The minimum atomic E-state index is -1.08. The van der Waals surface area contributed by atoms with Crippen LogP contribution < -0.4 is 10.6 Å². The van der Waals surface area contributed by atoms with Crippen LogP contribution in [0.4, 0.5) is 13.9 Å². The molecule has 2 aromatic heterocycles. The Morgan fingerprint density at radius 2 is 2.27 bits per heavy atom. The number of aliphatic hydroxyl groups excluding tert-OH is 1. The van der Waals surface area contributed by atoms with Gasteiger partial charge in [0.1, 0.15) is 12.4 Å². The number of aromatic amines is 1. The number of halogens is 3. The van der Waals surface area contributed by atoms with Gasteiger partial charge in [-0.15, -0.1) is 11.8 Å². The van der Waals surface area contributed by atoms with E-state index in [9.17, 15) is 14.3 Å². The van der Waals surface area contributed by atoms with E-state index in [-0.39, 0.29) is 28.0 Å². The second-order valence-corrected chi connectivity index (χ2v) is 10.1. The number of nitrogens with one attached hydrogen (secondary N) is 3. The van der Waals surface area contributed by atoms with Gasteiger partial charge in [-0.1, -0.05) is 29.0 Å². The Hall–Kier alpha value is -2.31. The van der Waals surface area contributed by atoms with Crippen LogP contribution in [-0.2, 0) is 4.79 Å². The highest BCUT2D eigenvalue weighted by Crippen LogP contribution is 2.43. The summed E-state index contributed by atoms with van der Waals surface area (Å²) in [5, 5.41) is 23.0. The fourth-order valence-electron chi connectivity index (χ4n) is 3.52. The van der Waals surface area contributed by atoms with Gasteiger partial charge in [-0.25, -0.2) is 13.8 Å². The molecule has 4 aromatic rings. The highest BCUT2D eigenvalue weighted by molar-refractivity contribution is 7.99. The number of anilines is 1. The van der Waals surface area contributed by atoms with Gasteiger partial charge < -0.3 is 10.4 Å². The quantitative estimate of drug-likeness (QED) is 0.215. The van der Waals surface area contributed by atoms with E-state index >= 15 is 4.39 Å². The number of rotatable bonds is 7. The molecule has 5 rings (SSSR count). The van der Waals surface area contributed by atoms with Gasteiger partial charge in [0.25, 0.3) is 0 Å². The fourth-order valence-corrected chi connectivity index (χ4v) is 5.81. The third-order valence-corrected chi connectivity index (χ3v) is 7.87. The van der Waals surface area contributed by atoms with E-state index in [2.05, 4.69) is 25.8 Å². The molecule has 12 heteroatoms. The molecule has 172 valence electrons. The molecular weight excluding hydrogens is 492 g/mol. The van der Waals surface area contributed by atoms with Crippen molar-refractivity contribution < 1.29 is 18.7 Å². The molecule has 1 fully saturated rings. The van der Waals surface area contributed by atoms with E-state index < -0.39 is 24.1 Å². The largest absolute Gasteiger partial charge is 0.378 e. The van der Waals surface area contributed by atoms with Crippen molar-refractivity contribution in [3.8, 4) is 11.1 Å². The summed E-state index contributed by atoms with van der Waals surface area (Å²) in [6.45, 7) is 0. The van der Waals surface area contributed by atoms with Gasteiger partial charge in [0.2, 0.25) is 5.91 Å². The summed E-state index contributed by atoms with van der Waals surface area (Å²) < 4.78 is 29.2. The minimum absolute atomic E-state index is 0.0505. The number of hydrogen-bond donors (Lipinski definition) is 4. The molecule has 0 radical (unpaired) electrons. The average molecular weight is 510 g/mol. The zero-order valence-corrected chi connectivity index (χ0v) is 19.5. The topological polar surface area (TPSA) is 103 Å². The van der Waals surface area contributed by atoms with Crippen LogP contribution in [-0.4, -0.2) is 51.4 Å². The maximum absolute atomic E-state index is 15.3. The molecular formula is C21H18ClF2N5O2S2. The van der Waals surface area contributed by atoms with Crippen molar-refractivity contribution in [3.63, 3.8) is 0 Å². The molecule has 3 atom stereocenters. The molecule has 2 aromatic carbocycles. The number of benzene rings is 2. The number of carbonyl (C=O) groups is 1. The Labute approximate surface area is 199 Å². The number of thioether (sulfide) groups is 1. The maximum Gasteiger partial charge on any atom is 0.232 e. The number of alkyl halides is 1. The van der Waals surface area contributed by atoms with Crippen LogP contribution in [0.3, 0.4) is 0 Å². The lowest BCUT2D eigenvalue weighted by molar-refractivity contribution is -0.117. The van der Waals surface area contributed by atoms with Crippen LogP contribution in [0.15, 0.2) is 29.3 Å². The Kier molecular flexibility index (Phi) is 6.00. The first kappa shape index (κ1) is 22.5. The van der Waals surface area contributed by atoms with Gasteiger partial charge in [-0.2, -0.15) is 5.10 Å². The monoisotopic (exact) mass is 509 g/mol. The maximum atomic E-state index is 15.3. The first-order valence-corrected chi connectivity index (χ1v) is 12.2. The summed E-state index contributed by atoms with van der Waals surface area (Å²) in [4.78, 5) is 16.7. The van der Waals surface area contributed by atoms with Crippen molar-refractivity contribution in [2.45, 2.75) is 23.7 Å². The van der Waals surface area contributed by atoms with Crippen molar-refractivity contribution in [1.82, 2.24) is 20.5 Å². The van der Waals surface area contributed by atoms with E-state index in [0.29, 0.717) is 32.7 Å². The molecule has 2 heterocycles. The molecule has 0 saturated heterocycles. The summed E-state index contributed by atoms with van der Waals surface area (Å²) in [6.07, 6.45) is -0.0542. The third kappa shape index (κ3) is 4.19. The van der Waals surface area contributed by atoms with Crippen molar-refractivity contribution in [2.75, 3.05) is 18.1 Å². The summed E-state index contributed by atoms with van der Waals surface area (Å²) in [5.74, 6) is -1.35. The molecule has 1 saturated carbocycles. The molecule has 4 N–H and O–H groups in total. The highest BCUT2D eigenvalue weighted by atomic mass is 35.5. The van der Waals surface area contributed by atoms with Gasteiger partial charge in [0.15, 0.2) is 10.9 Å². The molecule has 1 amide bonds. The van der Waals surface area contributed by atoms with Crippen LogP contribution >= 0.6 is 34.7 Å². The van der Waals surface area contributed by atoms with E-state index in [0.717, 1.165) is 16.5 Å². The second kappa shape index (κ2) is 8.80. The SMILES string of the molecule is CN[C@@H](O)CSc1c(F)c(Cl)c(-c2ccc3nc(NC(=O)[C@@H]4C[C@@H]4F)sc3c2)c2cn[nH]c12. The first-order valence-electron chi connectivity index (χ1n) is 10.1. The predicted molar refractivity (Wildman–Crippen MR) is 127 cm³/mol. The molecule has 7 nitrogen and oxygen atoms in total. The lowest BCUT2D eigenvalue weighted by Crippen LogP contribution is -2.26. The zero-order chi connectivity index (χ0) is 23.3. The summed E-state index contributed by atoms with van der Waals surface area (Å²) in [7, 11) is 1.61. The minimum Gasteiger partial charge on any atom is -0.378 e. The van der Waals surface area contributed by atoms with Gasteiger partial charge in [0.05, 0.1) is 37.8 Å². The van der Waals surface area contributed by atoms with E-state index in [4.69, 9.17) is 11.6 Å². The van der Waals surface area contributed by atoms with E-state index in [1.54, 1.807) is 25.4 Å². The molecule has 0 unspecified atom stereocenters. The van der Waals surface area contributed by atoms with E-state index in [1.165, 1.54) is 11.3 Å². The summed E-state index contributed by atoms with van der Waals surface area (Å²) in [6, 6.07) is 5.36. The van der Waals surface area contributed by atoms with Crippen molar-refractivity contribution in [3.05, 3.63) is 35.2 Å². The Morgan fingerprint density at radius 1 is 1.48 bits per heavy atom. The number of amides is 1. The highest BCUT2D eigenvalue weighted by Gasteiger charge is 2.43. The van der Waals surface area contributed by atoms with Crippen LogP contribution in [0.1, 0.15) is 6.42 Å². The molecule has 0 bridgehead atoms. The zero-order valence-electron chi connectivity index (χ0n) is 17.2. The lowest BCUT2D eigenvalue weighted by Gasteiger charge is -2.14. The van der Waals surface area contributed by atoms with Crippen molar-refractivity contribution >= 4 is 66.9 Å². The Bertz CT molecular complexity index is 1380. The number of aromatic nitrogens is 3. The van der Waals surface area contributed by atoms with Gasteiger partial charge in [-0.05, 0) is 31.2 Å². The molecule has 1 aliphatic rings. The predicted octanol–water partition coefficient (Wildman–Crippen LogP) is 4.56. The van der Waals surface area contributed by atoms with Crippen LogP contribution in [0.2, 0.25) is 5.02 Å². The molecule has 0 aliphatic heterocycles. The number of aliphatic hydroxyl groups is 1. The van der Waals surface area contributed by atoms with Crippen LogP contribution in [0.5, 0.6) is 0 Å².